The van der Waals surface area contributed by atoms with Crippen molar-refractivity contribution in [1.29, 1.82) is 0 Å². The molecule has 3 rings (SSSR count). The third-order valence-corrected chi connectivity index (χ3v) is 7.39. The summed E-state index contributed by atoms with van der Waals surface area (Å²) in [6.07, 6.45) is 0.887. The summed E-state index contributed by atoms with van der Waals surface area (Å²) in [6, 6.07) is 17.4. The third kappa shape index (κ3) is 3.46. The summed E-state index contributed by atoms with van der Waals surface area (Å²) >= 11 is 2.29. The molecule has 0 unspecified atom stereocenters. The van der Waals surface area contributed by atoms with Gasteiger partial charge in [-0.15, -0.1) is 0 Å². The van der Waals surface area contributed by atoms with E-state index in [1.54, 1.807) is 16.4 Å². The lowest BCUT2D eigenvalue weighted by molar-refractivity contribution is 0.414. The van der Waals surface area contributed by atoms with Crippen LogP contribution >= 0.6 is 22.6 Å². The largest absolute Gasteiger partial charge is 0.243 e. The number of hydrogen-bond acceptors (Lipinski definition) is 2. The molecule has 3 nitrogen and oxygen atoms in total. The molecule has 23 heavy (non-hydrogen) atoms. The van der Waals surface area contributed by atoms with E-state index in [1.807, 2.05) is 37.3 Å². The highest BCUT2D eigenvalue weighted by Crippen LogP contribution is 2.36. The van der Waals surface area contributed by atoms with E-state index >= 15 is 0 Å². The van der Waals surface area contributed by atoms with E-state index in [-0.39, 0.29) is 12.0 Å². The first-order valence-corrected chi connectivity index (χ1v) is 10.7. The van der Waals surface area contributed by atoms with Crippen molar-refractivity contribution in [3.8, 4) is 0 Å². The fraction of sp³-hybridized carbons (Fsp3) is 0.333. The molecule has 2 aromatic carbocycles. The lowest BCUT2D eigenvalue weighted by Gasteiger charge is -2.22. The fourth-order valence-electron chi connectivity index (χ4n) is 3.13. The molecule has 0 aromatic heterocycles. The van der Waals surface area contributed by atoms with E-state index in [0.29, 0.717) is 11.4 Å². The molecule has 2 atom stereocenters. The van der Waals surface area contributed by atoms with Gasteiger partial charge in [0.1, 0.15) is 0 Å². The molecule has 0 spiro atoms. The Labute approximate surface area is 151 Å². The summed E-state index contributed by atoms with van der Waals surface area (Å²) in [5.74, 6) is 0.274. The second kappa shape index (κ2) is 6.91. The van der Waals surface area contributed by atoms with Crippen LogP contribution in [0.1, 0.15) is 23.5 Å². The highest BCUT2D eigenvalue weighted by Gasteiger charge is 2.39. The van der Waals surface area contributed by atoms with Gasteiger partial charge in [0, 0.05) is 17.0 Å². The summed E-state index contributed by atoms with van der Waals surface area (Å²) in [6.45, 7) is 2.53. The highest BCUT2D eigenvalue weighted by molar-refractivity contribution is 14.1. The van der Waals surface area contributed by atoms with Gasteiger partial charge in [0.25, 0.3) is 0 Å². The van der Waals surface area contributed by atoms with E-state index < -0.39 is 10.0 Å². The predicted octanol–water partition coefficient (Wildman–Crippen LogP) is 3.98. The van der Waals surface area contributed by atoms with Crippen LogP contribution in [0.2, 0.25) is 0 Å². The molecular formula is C18H20INO2S. The zero-order chi connectivity index (χ0) is 16.4. The van der Waals surface area contributed by atoms with Gasteiger partial charge in [-0.3, -0.25) is 0 Å². The molecule has 1 heterocycles. The maximum Gasteiger partial charge on any atom is 0.243 e. The molecule has 0 radical (unpaired) electrons. The zero-order valence-electron chi connectivity index (χ0n) is 13.0. The minimum absolute atomic E-state index is 0.0621. The number of aryl methyl sites for hydroxylation is 1. The number of sulfonamides is 1. The molecule has 2 aromatic rings. The summed E-state index contributed by atoms with van der Waals surface area (Å²) in [7, 11) is -3.43. The molecule has 0 bridgehead atoms. The molecule has 1 aliphatic heterocycles. The average Bonchev–Trinajstić information content (AvgIpc) is 3.01. The fourth-order valence-corrected chi connectivity index (χ4v) is 5.92. The molecule has 0 amide bonds. The standard InChI is InChI=1S/C18H20INO2S/c1-14-7-9-18(10-8-14)23(21,22)20-13-16(11-17(20)12-19)15-5-3-2-4-6-15/h2-10,16-17H,11-13H2,1H3/t16-,17-/m0/s1. The number of hydrogen-bond donors (Lipinski definition) is 0. The monoisotopic (exact) mass is 441 g/mol. The quantitative estimate of drug-likeness (QED) is 0.532. The Hall–Kier alpha value is -0.920. The van der Waals surface area contributed by atoms with Gasteiger partial charge >= 0.3 is 0 Å². The third-order valence-electron chi connectivity index (χ3n) is 4.44. The van der Waals surface area contributed by atoms with Gasteiger partial charge in [-0.2, -0.15) is 4.31 Å². The van der Waals surface area contributed by atoms with Crippen molar-refractivity contribution in [2.75, 3.05) is 11.0 Å². The first-order chi connectivity index (χ1) is 11.0. The van der Waals surface area contributed by atoms with Crippen LogP contribution in [-0.2, 0) is 10.0 Å². The van der Waals surface area contributed by atoms with Crippen molar-refractivity contribution in [2.24, 2.45) is 0 Å². The molecule has 1 fully saturated rings. The van der Waals surface area contributed by atoms with Crippen LogP contribution < -0.4 is 0 Å². The van der Waals surface area contributed by atoms with Gasteiger partial charge in [0.05, 0.1) is 4.90 Å². The van der Waals surface area contributed by atoms with E-state index in [0.717, 1.165) is 16.4 Å². The number of benzene rings is 2. The van der Waals surface area contributed by atoms with Crippen LogP contribution in [0.3, 0.4) is 0 Å². The van der Waals surface area contributed by atoms with Crippen molar-refractivity contribution >= 4 is 32.6 Å². The van der Waals surface area contributed by atoms with E-state index in [2.05, 4.69) is 34.7 Å². The Kier molecular flexibility index (Phi) is 5.08. The molecule has 1 saturated heterocycles. The van der Waals surface area contributed by atoms with Gasteiger partial charge in [-0.05, 0) is 37.0 Å². The minimum atomic E-state index is -3.43. The van der Waals surface area contributed by atoms with Crippen LogP contribution in [0, 0.1) is 6.92 Å². The van der Waals surface area contributed by atoms with Crippen molar-refractivity contribution < 1.29 is 8.42 Å². The van der Waals surface area contributed by atoms with Gasteiger partial charge in [0.15, 0.2) is 0 Å². The molecule has 122 valence electrons. The first-order valence-electron chi connectivity index (χ1n) is 7.72. The second-order valence-electron chi connectivity index (χ2n) is 6.04. The summed E-state index contributed by atoms with van der Waals surface area (Å²) in [5.41, 5.74) is 2.29. The van der Waals surface area contributed by atoms with Crippen molar-refractivity contribution in [1.82, 2.24) is 4.31 Å². The molecular weight excluding hydrogens is 421 g/mol. The van der Waals surface area contributed by atoms with Crippen LogP contribution in [0.15, 0.2) is 59.5 Å². The highest BCUT2D eigenvalue weighted by atomic mass is 127. The number of halogens is 1. The normalized spacial score (nSPS) is 22.3. The molecule has 5 heteroatoms. The van der Waals surface area contributed by atoms with Crippen LogP contribution in [0.5, 0.6) is 0 Å². The maximum atomic E-state index is 13.0. The lowest BCUT2D eigenvalue weighted by atomic mass is 9.97. The van der Waals surface area contributed by atoms with Gasteiger partial charge < -0.3 is 0 Å². The van der Waals surface area contributed by atoms with Gasteiger partial charge in [-0.25, -0.2) is 8.42 Å². The summed E-state index contributed by atoms with van der Waals surface area (Å²) < 4.78 is 28.5. The number of nitrogens with zero attached hydrogens (tertiary/aromatic N) is 1. The Balaban J connectivity index is 1.90. The SMILES string of the molecule is Cc1ccc(S(=O)(=O)N2C[C@@H](c3ccccc3)C[C@H]2CI)cc1. The van der Waals surface area contributed by atoms with Crippen LogP contribution in [0.25, 0.3) is 0 Å². The van der Waals surface area contributed by atoms with Gasteiger partial charge in [-0.1, -0.05) is 70.6 Å². The van der Waals surface area contributed by atoms with Crippen LogP contribution in [0.4, 0.5) is 0 Å². The minimum Gasteiger partial charge on any atom is -0.207 e. The topological polar surface area (TPSA) is 37.4 Å². The smallest absolute Gasteiger partial charge is 0.207 e. The van der Waals surface area contributed by atoms with Crippen molar-refractivity contribution in [2.45, 2.75) is 30.2 Å². The molecule has 0 N–H and O–H groups in total. The Bertz CT molecular complexity index is 759. The molecule has 0 saturated carbocycles. The summed E-state index contributed by atoms with van der Waals surface area (Å²) in [4.78, 5) is 0.395. The second-order valence-corrected chi connectivity index (χ2v) is 8.81. The number of rotatable bonds is 4. The molecule has 0 aliphatic carbocycles. The Morgan fingerprint density at radius 2 is 1.74 bits per heavy atom. The maximum absolute atomic E-state index is 13.0. The van der Waals surface area contributed by atoms with Gasteiger partial charge in [0.2, 0.25) is 10.0 Å². The predicted molar refractivity (Wildman–Crippen MR) is 102 cm³/mol. The number of alkyl halides is 1. The Morgan fingerprint density at radius 3 is 2.35 bits per heavy atom. The van der Waals surface area contributed by atoms with Crippen molar-refractivity contribution in [3.63, 3.8) is 0 Å². The first kappa shape index (κ1) is 16.9. The Morgan fingerprint density at radius 1 is 1.09 bits per heavy atom. The van der Waals surface area contributed by atoms with Crippen LogP contribution in [-0.4, -0.2) is 29.7 Å². The lowest BCUT2D eigenvalue weighted by Crippen LogP contribution is -2.36. The molecule has 1 aliphatic rings. The van der Waals surface area contributed by atoms with E-state index in [4.69, 9.17) is 0 Å². The van der Waals surface area contributed by atoms with E-state index in [9.17, 15) is 8.42 Å². The zero-order valence-corrected chi connectivity index (χ0v) is 16.0. The van der Waals surface area contributed by atoms with Crippen molar-refractivity contribution in [3.05, 3.63) is 65.7 Å². The average molecular weight is 441 g/mol. The van der Waals surface area contributed by atoms with E-state index in [1.165, 1.54) is 5.56 Å². The summed E-state index contributed by atoms with van der Waals surface area (Å²) in [5, 5.41) is 0.